The molecule has 2 heterocycles. The molecular weight excluding hydrogens is 307 g/mol. The number of para-hydroxylation sites is 1. The molecule has 0 spiro atoms. The summed E-state index contributed by atoms with van der Waals surface area (Å²) < 4.78 is 19.2. The van der Waals surface area contributed by atoms with Crippen LogP contribution in [-0.4, -0.2) is 35.5 Å². The molecule has 0 bridgehead atoms. The predicted octanol–water partition coefficient (Wildman–Crippen LogP) is 3.08. The van der Waals surface area contributed by atoms with E-state index in [1.807, 2.05) is 17.0 Å². The van der Waals surface area contributed by atoms with Crippen LogP contribution in [0.5, 0.6) is 5.75 Å². The summed E-state index contributed by atoms with van der Waals surface area (Å²) in [6, 6.07) is 10.1. The number of nitrogens with zero attached hydrogens (tertiary/aromatic N) is 2. The number of aromatic nitrogens is 1. The maximum atomic E-state index is 13.6. The van der Waals surface area contributed by atoms with Gasteiger partial charge < -0.3 is 9.64 Å². The van der Waals surface area contributed by atoms with E-state index in [9.17, 15) is 9.18 Å². The lowest BCUT2D eigenvalue weighted by Gasteiger charge is -2.32. The molecule has 1 aliphatic heterocycles. The van der Waals surface area contributed by atoms with E-state index in [-0.39, 0.29) is 23.4 Å². The highest BCUT2D eigenvalue weighted by molar-refractivity contribution is 5.78. The first-order chi connectivity index (χ1) is 11.7. The van der Waals surface area contributed by atoms with Gasteiger partial charge in [-0.2, -0.15) is 0 Å². The second-order valence-electron chi connectivity index (χ2n) is 6.12. The normalized spacial score (nSPS) is 17.5. The minimum Gasteiger partial charge on any atom is -0.490 e. The van der Waals surface area contributed by atoms with Crippen molar-refractivity contribution in [3.63, 3.8) is 0 Å². The molecule has 24 heavy (non-hydrogen) atoms. The summed E-state index contributed by atoms with van der Waals surface area (Å²) in [5, 5.41) is 0. The van der Waals surface area contributed by atoms with E-state index in [0.29, 0.717) is 19.6 Å². The first-order valence-electron chi connectivity index (χ1n) is 8.26. The highest BCUT2D eigenvalue weighted by Gasteiger charge is 2.24. The number of benzene rings is 1. The van der Waals surface area contributed by atoms with Crippen molar-refractivity contribution in [3.05, 3.63) is 60.2 Å². The number of hydrogen-bond donors (Lipinski definition) is 0. The fraction of sp³-hybridized carbons (Fsp3) is 0.368. The lowest BCUT2D eigenvalue weighted by Crippen LogP contribution is -2.42. The number of pyridine rings is 1. The average Bonchev–Trinajstić information content (AvgIpc) is 2.62. The highest BCUT2D eigenvalue weighted by Crippen LogP contribution is 2.21. The summed E-state index contributed by atoms with van der Waals surface area (Å²) in [5.74, 6) is 0.285. The molecular formula is C19H21FN2O2. The Morgan fingerprint density at radius 2 is 2.04 bits per heavy atom. The molecule has 1 atom stereocenters. The molecule has 1 aliphatic rings. The predicted molar refractivity (Wildman–Crippen MR) is 89.1 cm³/mol. The van der Waals surface area contributed by atoms with E-state index in [4.69, 9.17) is 4.74 Å². The Balaban J connectivity index is 1.52. The van der Waals surface area contributed by atoms with E-state index in [0.717, 1.165) is 24.9 Å². The Morgan fingerprint density at radius 3 is 2.83 bits per heavy atom. The zero-order valence-electron chi connectivity index (χ0n) is 13.5. The van der Waals surface area contributed by atoms with E-state index in [1.165, 1.54) is 6.07 Å². The van der Waals surface area contributed by atoms with Crippen molar-refractivity contribution < 1.29 is 13.9 Å². The van der Waals surface area contributed by atoms with Gasteiger partial charge in [0.2, 0.25) is 5.91 Å². The minimum atomic E-state index is -0.348. The standard InChI is InChI=1S/C19H21FN2O2/c20-17-5-1-2-6-18(17)24-14-16-4-3-11-22(13-16)19(23)12-15-7-9-21-10-8-15/h1-2,5-10,16H,3-4,11-14H2/t16-/m0/s1. The Hall–Kier alpha value is -2.43. The molecule has 0 unspecified atom stereocenters. The maximum Gasteiger partial charge on any atom is 0.227 e. The monoisotopic (exact) mass is 328 g/mol. The van der Waals surface area contributed by atoms with E-state index in [1.54, 1.807) is 30.6 Å². The van der Waals surface area contributed by atoms with Crippen LogP contribution < -0.4 is 4.74 Å². The Kier molecular flexibility index (Phi) is 5.41. The highest BCUT2D eigenvalue weighted by atomic mass is 19.1. The van der Waals surface area contributed by atoms with Crippen LogP contribution in [-0.2, 0) is 11.2 Å². The number of rotatable bonds is 5. The van der Waals surface area contributed by atoms with Gasteiger partial charge in [0.15, 0.2) is 11.6 Å². The number of amides is 1. The number of carbonyl (C=O) groups excluding carboxylic acids is 1. The van der Waals surface area contributed by atoms with Gasteiger partial charge in [0.1, 0.15) is 0 Å². The second kappa shape index (κ2) is 7.90. The molecule has 0 saturated carbocycles. The maximum absolute atomic E-state index is 13.6. The van der Waals surface area contributed by atoms with E-state index in [2.05, 4.69) is 4.98 Å². The van der Waals surface area contributed by atoms with Crippen molar-refractivity contribution in [1.82, 2.24) is 9.88 Å². The zero-order chi connectivity index (χ0) is 16.8. The number of piperidine rings is 1. The number of likely N-dealkylation sites (tertiary alicyclic amines) is 1. The third-order valence-corrected chi connectivity index (χ3v) is 4.29. The van der Waals surface area contributed by atoms with Crippen LogP contribution in [0.3, 0.4) is 0 Å². The second-order valence-corrected chi connectivity index (χ2v) is 6.12. The fourth-order valence-corrected chi connectivity index (χ4v) is 2.98. The van der Waals surface area contributed by atoms with Crippen molar-refractivity contribution in [3.8, 4) is 5.75 Å². The third kappa shape index (κ3) is 4.31. The molecule has 1 aromatic heterocycles. The Morgan fingerprint density at radius 1 is 1.25 bits per heavy atom. The molecule has 0 N–H and O–H groups in total. The van der Waals surface area contributed by atoms with Crippen molar-refractivity contribution in [2.45, 2.75) is 19.3 Å². The summed E-state index contributed by atoms with van der Waals surface area (Å²) in [6.45, 7) is 1.87. The fourth-order valence-electron chi connectivity index (χ4n) is 2.98. The van der Waals surface area contributed by atoms with E-state index < -0.39 is 0 Å². The summed E-state index contributed by atoms with van der Waals surface area (Å²) in [7, 11) is 0. The van der Waals surface area contributed by atoms with Gasteiger partial charge in [-0.1, -0.05) is 12.1 Å². The van der Waals surface area contributed by atoms with Crippen LogP contribution in [0, 0.1) is 11.7 Å². The molecule has 1 saturated heterocycles. The largest absolute Gasteiger partial charge is 0.490 e. The molecule has 5 heteroatoms. The van der Waals surface area contributed by atoms with Crippen LogP contribution in [0.15, 0.2) is 48.8 Å². The van der Waals surface area contributed by atoms with Crippen LogP contribution in [0.2, 0.25) is 0 Å². The molecule has 2 aromatic rings. The molecule has 126 valence electrons. The summed E-state index contributed by atoms with van der Waals surface area (Å²) >= 11 is 0. The van der Waals surface area contributed by atoms with Crippen LogP contribution in [0.1, 0.15) is 18.4 Å². The van der Waals surface area contributed by atoms with Crippen LogP contribution in [0.25, 0.3) is 0 Å². The Labute approximate surface area is 141 Å². The van der Waals surface area contributed by atoms with Crippen molar-refractivity contribution in [1.29, 1.82) is 0 Å². The van der Waals surface area contributed by atoms with Gasteiger partial charge in [0.25, 0.3) is 0 Å². The number of halogens is 1. The van der Waals surface area contributed by atoms with Gasteiger partial charge in [-0.05, 0) is 42.7 Å². The first kappa shape index (κ1) is 16.4. The molecule has 1 aromatic carbocycles. The Bertz CT molecular complexity index is 678. The molecule has 0 aliphatic carbocycles. The molecule has 0 radical (unpaired) electrons. The topological polar surface area (TPSA) is 42.4 Å². The van der Waals surface area contributed by atoms with Gasteiger partial charge in [-0.15, -0.1) is 0 Å². The first-order valence-corrected chi connectivity index (χ1v) is 8.26. The minimum absolute atomic E-state index is 0.122. The van der Waals surface area contributed by atoms with Crippen LogP contribution >= 0.6 is 0 Å². The summed E-state index contributed by atoms with van der Waals surface area (Å²) in [6.07, 6.45) is 5.73. The smallest absolute Gasteiger partial charge is 0.227 e. The third-order valence-electron chi connectivity index (χ3n) is 4.29. The number of carbonyl (C=O) groups is 1. The number of hydrogen-bond acceptors (Lipinski definition) is 3. The van der Waals surface area contributed by atoms with Crippen molar-refractivity contribution >= 4 is 5.91 Å². The van der Waals surface area contributed by atoms with Crippen LogP contribution in [0.4, 0.5) is 4.39 Å². The molecule has 1 amide bonds. The zero-order valence-corrected chi connectivity index (χ0v) is 13.5. The molecule has 3 rings (SSSR count). The van der Waals surface area contributed by atoms with Crippen molar-refractivity contribution in [2.24, 2.45) is 5.92 Å². The molecule has 1 fully saturated rings. The van der Waals surface area contributed by atoms with Gasteiger partial charge in [-0.3, -0.25) is 9.78 Å². The lowest BCUT2D eigenvalue weighted by atomic mass is 9.98. The quantitative estimate of drug-likeness (QED) is 0.847. The lowest BCUT2D eigenvalue weighted by molar-refractivity contribution is -0.132. The number of ether oxygens (including phenoxy) is 1. The summed E-state index contributed by atoms with van der Waals surface area (Å²) in [5.41, 5.74) is 0.972. The van der Waals surface area contributed by atoms with Gasteiger partial charge in [-0.25, -0.2) is 4.39 Å². The molecule has 4 nitrogen and oxygen atoms in total. The summed E-state index contributed by atoms with van der Waals surface area (Å²) in [4.78, 5) is 18.3. The average molecular weight is 328 g/mol. The van der Waals surface area contributed by atoms with E-state index >= 15 is 0 Å². The van der Waals surface area contributed by atoms with Gasteiger partial charge >= 0.3 is 0 Å². The van der Waals surface area contributed by atoms with Gasteiger partial charge in [0.05, 0.1) is 13.0 Å². The van der Waals surface area contributed by atoms with Gasteiger partial charge in [0, 0.05) is 31.4 Å². The van der Waals surface area contributed by atoms with Crippen molar-refractivity contribution in [2.75, 3.05) is 19.7 Å². The SMILES string of the molecule is O=C(Cc1ccncc1)N1CCC[C@H](COc2ccccc2F)C1.